The summed E-state index contributed by atoms with van der Waals surface area (Å²) in [4.78, 5) is 11.7. The molecule has 4 nitrogen and oxygen atoms in total. The van der Waals surface area contributed by atoms with Crippen LogP contribution < -0.4 is 10.1 Å². The number of rotatable bonds is 7. The molecule has 22 heavy (non-hydrogen) atoms. The van der Waals surface area contributed by atoms with Crippen molar-refractivity contribution < 1.29 is 14.6 Å². The fraction of sp³-hybridized carbons (Fsp3) is 0.389. The smallest absolute Gasteiger partial charge is 0.258 e. The molecule has 0 fully saturated rings. The number of aliphatic hydroxyl groups is 1. The average molecular weight is 301 g/mol. The summed E-state index contributed by atoms with van der Waals surface area (Å²) < 4.78 is 5.50. The van der Waals surface area contributed by atoms with Crippen LogP contribution in [0, 0.1) is 5.92 Å². The molecule has 4 heteroatoms. The molecule has 118 valence electrons. The number of amides is 1. The predicted molar refractivity (Wildman–Crippen MR) is 87.9 cm³/mol. The molecule has 0 spiro atoms. The molecule has 0 aliphatic carbocycles. The summed E-state index contributed by atoms with van der Waals surface area (Å²) in [5.41, 5.74) is 0. The molecule has 0 aromatic heterocycles. The Morgan fingerprint density at radius 1 is 1.18 bits per heavy atom. The molecule has 0 saturated heterocycles. The first-order chi connectivity index (χ1) is 10.5. The zero-order valence-corrected chi connectivity index (χ0v) is 13.1. The van der Waals surface area contributed by atoms with Crippen LogP contribution in [-0.4, -0.2) is 30.3 Å². The lowest BCUT2D eigenvalue weighted by atomic mass is 10.1. The van der Waals surface area contributed by atoms with E-state index in [9.17, 15) is 9.90 Å². The summed E-state index contributed by atoms with van der Waals surface area (Å²) in [7, 11) is 0. The maximum absolute atomic E-state index is 11.7. The van der Waals surface area contributed by atoms with Crippen molar-refractivity contribution >= 4 is 16.7 Å². The Balaban J connectivity index is 1.80. The van der Waals surface area contributed by atoms with E-state index in [0.29, 0.717) is 18.1 Å². The molecule has 0 heterocycles. The van der Waals surface area contributed by atoms with Crippen LogP contribution in [0.5, 0.6) is 5.75 Å². The van der Waals surface area contributed by atoms with Gasteiger partial charge in [0.25, 0.3) is 5.91 Å². The lowest BCUT2D eigenvalue weighted by molar-refractivity contribution is -0.123. The third-order valence-electron chi connectivity index (χ3n) is 3.37. The molecular formula is C18H23NO3. The van der Waals surface area contributed by atoms with Gasteiger partial charge in [-0.15, -0.1) is 0 Å². The van der Waals surface area contributed by atoms with E-state index in [4.69, 9.17) is 4.74 Å². The summed E-state index contributed by atoms with van der Waals surface area (Å²) in [6.07, 6.45) is 0.163. The summed E-state index contributed by atoms with van der Waals surface area (Å²) in [5, 5.41) is 14.6. The van der Waals surface area contributed by atoms with E-state index in [1.807, 2.05) is 56.3 Å². The highest BCUT2D eigenvalue weighted by Gasteiger charge is 2.09. The van der Waals surface area contributed by atoms with Crippen molar-refractivity contribution in [2.75, 3.05) is 13.2 Å². The maximum Gasteiger partial charge on any atom is 0.258 e. The van der Waals surface area contributed by atoms with Crippen LogP contribution in [0.4, 0.5) is 0 Å². The Hall–Kier alpha value is -2.07. The van der Waals surface area contributed by atoms with Crippen molar-refractivity contribution in [1.82, 2.24) is 5.32 Å². The van der Waals surface area contributed by atoms with Gasteiger partial charge in [0.1, 0.15) is 5.75 Å². The van der Waals surface area contributed by atoms with Gasteiger partial charge in [0.05, 0.1) is 6.10 Å². The molecule has 1 unspecified atom stereocenters. The lowest BCUT2D eigenvalue weighted by Gasteiger charge is -2.14. The molecule has 2 aromatic rings. The Morgan fingerprint density at radius 3 is 2.64 bits per heavy atom. The second kappa shape index (κ2) is 7.80. The highest BCUT2D eigenvalue weighted by atomic mass is 16.5. The van der Waals surface area contributed by atoms with Gasteiger partial charge >= 0.3 is 0 Å². The monoisotopic (exact) mass is 301 g/mol. The lowest BCUT2D eigenvalue weighted by Crippen LogP contribution is -2.35. The largest absolute Gasteiger partial charge is 0.484 e. The fourth-order valence-electron chi connectivity index (χ4n) is 2.32. The number of carbonyl (C=O) groups is 1. The van der Waals surface area contributed by atoms with Crippen LogP contribution in [0.15, 0.2) is 42.5 Å². The molecule has 2 N–H and O–H groups in total. The first kappa shape index (κ1) is 16.3. The van der Waals surface area contributed by atoms with Gasteiger partial charge < -0.3 is 15.2 Å². The van der Waals surface area contributed by atoms with E-state index in [0.717, 1.165) is 10.8 Å². The zero-order valence-electron chi connectivity index (χ0n) is 13.1. The molecule has 0 aliphatic rings. The van der Waals surface area contributed by atoms with Gasteiger partial charge in [-0.3, -0.25) is 4.79 Å². The number of fused-ring (bicyclic) bond motifs is 1. The van der Waals surface area contributed by atoms with Crippen LogP contribution in [0.2, 0.25) is 0 Å². The summed E-state index contributed by atoms with van der Waals surface area (Å²) >= 11 is 0. The summed E-state index contributed by atoms with van der Waals surface area (Å²) in [5.74, 6) is 0.841. The number of hydrogen-bond donors (Lipinski definition) is 2. The molecule has 2 aromatic carbocycles. The predicted octanol–water partition coefficient (Wildman–Crippen LogP) is 2.74. The van der Waals surface area contributed by atoms with Gasteiger partial charge in [0.2, 0.25) is 0 Å². The average Bonchev–Trinajstić information content (AvgIpc) is 2.50. The number of ether oxygens (including phenoxy) is 1. The minimum absolute atomic E-state index is 0.0489. The fourth-order valence-corrected chi connectivity index (χ4v) is 2.32. The Kier molecular flexibility index (Phi) is 5.78. The number of carbonyl (C=O) groups excluding carboxylic acids is 1. The molecule has 1 atom stereocenters. The van der Waals surface area contributed by atoms with Crippen LogP contribution in [0.25, 0.3) is 10.8 Å². The molecule has 0 bridgehead atoms. The van der Waals surface area contributed by atoms with Gasteiger partial charge in [-0.05, 0) is 35.2 Å². The SMILES string of the molecule is CC(C)CC(O)CNC(=O)COc1ccc2ccccc2c1. The molecule has 0 aliphatic heterocycles. The minimum Gasteiger partial charge on any atom is -0.484 e. The first-order valence-corrected chi connectivity index (χ1v) is 7.61. The van der Waals surface area contributed by atoms with Crippen molar-refractivity contribution in [2.45, 2.75) is 26.4 Å². The Labute approximate surface area is 131 Å². The van der Waals surface area contributed by atoms with Crippen LogP contribution >= 0.6 is 0 Å². The third kappa shape index (κ3) is 5.04. The minimum atomic E-state index is -0.510. The van der Waals surface area contributed by atoms with Gasteiger partial charge in [0, 0.05) is 6.54 Å². The molecule has 0 saturated carbocycles. The molecular weight excluding hydrogens is 278 g/mol. The van der Waals surface area contributed by atoms with E-state index >= 15 is 0 Å². The van der Waals surface area contributed by atoms with Gasteiger partial charge in [-0.25, -0.2) is 0 Å². The normalized spacial score (nSPS) is 12.4. The van der Waals surface area contributed by atoms with Gasteiger partial charge in [-0.2, -0.15) is 0 Å². The van der Waals surface area contributed by atoms with Gasteiger partial charge in [-0.1, -0.05) is 44.2 Å². The summed E-state index contributed by atoms with van der Waals surface area (Å²) in [6, 6.07) is 13.7. The second-order valence-corrected chi connectivity index (χ2v) is 5.89. The van der Waals surface area contributed by atoms with Crippen molar-refractivity contribution in [2.24, 2.45) is 5.92 Å². The van der Waals surface area contributed by atoms with E-state index in [1.54, 1.807) is 0 Å². The van der Waals surface area contributed by atoms with Crippen LogP contribution in [-0.2, 0) is 4.79 Å². The topological polar surface area (TPSA) is 58.6 Å². The molecule has 1 amide bonds. The van der Waals surface area contributed by atoms with Crippen LogP contribution in [0.1, 0.15) is 20.3 Å². The quantitative estimate of drug-likeness (QED) is 0.826. The molecule has 2 rings (SSSR count). The van der Waals surface area contributed by atoms with E-state index in [2.05, 4.69) is 5.32 Å². The van der Waals surface area contributed by atoms with Crippen molar-refractivity contribution in [1.29, 1.82) is 0 Å². The summed E-state index contributed by atoms with van der Waals surface area (Å²) in [6.45, 7) is 4.28. The molecule has 0 radical (unpaired) electrons. The standard InChI is InChI=1S/C18H23NO3/c1-13(2)9-16(20)11-19-18(21)12-22-17-8-7-14-5-3-4-6-15(14)10-17/h3-8,10,13,16,20H,9,11-12H2,1-2H3,(H,19,21). The van der Waals surface area contributed by atoms with E-state index < -0.39 is 6.10 Å². The van der Waals surface area contributed by atoms with E-state index in [-0.39, 0.29) is 19.1 Å². The highest BCUT2D eigenvalue weighted by Crippen LogP contribution is 2.20. The maximum atomic E-state index is 11.7. The number of aliphatic hydroxyl groups excluding tert-OH is 1. The number of hydrogen-bond acceptors (Lipinski definition) is 3. The van der Waals surface area contributed by atoms with Crippen molar-refractivity contribution in [3.8, 4) is 5.75 Å². The number of nitrogens with one attached hydrogen (secondary N) is 1. The zero-order chi connectivity index (χ0) is 15.9. The van der Waals surface area contributed by atoms with Crippen molar-refractivity contribution in [3.63, 3.8) is 0 Å². The van der Waals surface area contributed by atoms with Gasteiger partial charge in [0.15, 0.2) is 6.61 Å². The second-order valence-electron chi connectivity index (χ2n) is 5.89. The van der Waals surface area contributed by atoms with E-state index in [1.165, 1.54) is 0 Å². The van der Waals surface area contributed by atoms with Crippen molar-refractivity contribution in [3.05, 3.63) is 42.5 Å². The first-order valence-electron chi connectivity index (χ1n) is 7.61. The highest BCUT2D eigenvalue weighted by molar-refractivity contribution is 5.84. The Morgan fingerprint density at radius 2 is 1.91 bits per heavy atom. The third-order valence-corrected chi connectivity index (χ3v) is 3.37. The Bertz CT molecular complexity index is 625. The number of benzene rings is 2. The van der Waals surface area contributed by atoms with Crippen LogP contribution in [0.3, 0.4) is 0 Å².